The van der Waals surface area contributed by atoms with Crippen LogP contribution in [-0.4, -0.2) is 4.98 Å². The van der Waals surface area contributed by atoms with Crippen molar-refractivity contribution in [3.63, 3.8) is 0 Å². The summed E-state index contributed by atoms with van der Waals surface area (Å²) < 4.78 is 13.6. The second-order valence-corrected chi connectivity index (χ2v) is 3.68. The molecule has 2 rings (SSSR count). The van der Waals surface area contributed by atoms with E-state index in [-0.39, 0.29) is 10.7 Å². The van der Waals surface area contributed by atoms with Crippen LogP contribution in [0.5, 0.6) is 0 Å². The van der Waals surface area contributed by atoms with Gasteiger partial charge in [-0.15, -0.1) is 0 Å². The van der Waals surface area contributed by atoms with Gasteiger partial charge < -0.3 is 5.32 Å². The molecule has 2 aromatic rings. The van der Waals surface area contributed by atoms with Crippen molar-refractivity contribution in [3.8, 4) is 6.07 Å². The monoisotopic (exact) mass is 247 g/mol. The Hall–Kier alpha value is -2.12. The Balaban J connectivity index is 2.26. The van der Waals surface area contributed by atoms with Crippen LogP contribution in [0.2, 0.25) is 5.02 Å². The van der Waals surface area contributed by atoms with Gasteiger partial charge in [0.05, 0.1) is 16.3 Å². The van der Waals surface area contributed by atoms with Gasteiger partial charge in [0.25, 0.3) is 0 Å². The lowest BCUT2D eigenvalue weighted by atomic mass is 10.3. The summed E-state index contributed by atoms with van der Waals surface area (Å²) in [5.74, 6) is -0.0782. The lowest BCUT2D eigenvalue weighted by molar-refractivity contribution is 0.632. The maximum absolute atomic E-state index is 13.6. The van der Waals surface area contributed by atoms with E-state index in [9.17, 15) is 4.39 Å². The number of hydrogen-bond acceptors (Lipinski definition) is 3. The highest BCUT2D eigenvalue weighted by Crippen LogP contribution is 2.24. The molecule has 0 saturated heterocycles. The topological polar surface area (TPSA) is 48.7 Å². The Labute approximate surface area is 102 Å². The summed E-state index contributed by atoms with van der Waals surface area (Å²) in [4.78, 5) is 3.97. The van der Waals surface area contributed by atoms with E-state index in [1.165, 1.54) is 12.3 Å². The minimum absolute atomic E-state index is 0.0450. The molecule has 0 unspecified atom stereocenters. The molecule has 0 aliphatic heterocycles. The molecule has 0 fully saturated rings. The number of pyridine rings is 1. The fraction of sp³-hybridized carbons (Fsp3) is 0. The van der Waals surface area contributed by atoms with Gasteiger partial charge in [-0.1, -0.05) is 17.7 Å². The Morgan fingerprint density at radius 2 is 2.12 bits per heavy atom. The zero-order chi connectivity index (χ0) is 12.3. The standard InChI is InChI=1S/C12H7ClFN3/c13-9-2-1-3-10(12(9)14)17-11-5-4-8(6-15)7-16-11/h1-5,7H,(H,16,17). The minimum atomic E-state index is -0.527. The quantitative estimate of drug-likeness (QED) is 0.884. The fourth-order valence-corrected chi connectivity index (χ4v) is 1.45. The number of rotatable bonds is 2. The summed E-state index contributed by atoms with van der Waals surface area (Å²) in [6.45, 7) is 0. The number of halogens is 2. The van der Waals surface area contributed by atoms with Crippen molar-refractivity contribution in [2.75, 3.05) is 5.32 Å². The highest BCUT2D eigenvalue weighted by atomic mass is 35.5. The van der Waals surface area contributed by atoms with E-state index in [0.29, 0.717) is 11.4 Å². The molecule has 1 aromatic carbocycles. The van der Waals surface area contributed by atoms with Gasteiger partial charge >= 0.3 is 0 Å². The molecule has 84 valence electrons. The molecule has 1 N–H and O–H groups in total. The molecule has 1 heterocycles. The molecule has 0 amide bonds. The van der Waals surface area contributed by atoms with Crippen LogP contribution in [0, 0.1) is 17.1 Å². The summed E-state index contributed by atoms with van der Waals surface area (Å²) in [6.07, 6.45) is 1.41. The smallest absolute Gasteiger partial charge is 0.165 e. The molecular weight excluding hydrogens is 241 g/mol. The van der Waals surface area contributed by atoms with Gasteiger partial charge in [0.1, 0.15) is 11.9 Å². The van der Waals surface area contributed by atoms with Gasteiger partial charge in [0.2, 0.25) is 0 Å². The van der Waals surface area contributed by atoms with Gasteiger partial charge in [-0.05, 0) is 24.3 Å². The SMILES string of the molecule is N#Cc1ccc(Nc2cccc(Cl)c2F)nc1. The maximum atomic E-state index is 13.6. The van der Waals surface area contributed by atoms with Gasteiger partial charge in [-0.25, -0.2) is 9.37 Å². The first-order valence-corrected chi connectivity index (χ1v) is 5.15. The van der Waals surface area contributed by atoms with E-state index in [1.54, 1.807) is 24.3 Å². The van der Waals surface area contributed by atoms with E-state index in [0.717, 1.165) is 0 Å². The van der Waals surface area contributed by atoms with Crippen LogP contribution in [0.15, 0.2) is 36.5 Å². The summed E-state index contributed by atoms with van der Waals surface area (Å²) in [5, 5.41) is 11.4. The Bertz CT molecular complexity index is 575. The first kappa shape index (κ1) is 11.4. The average Bonchev–Trinajstić information content (AvgIpc) is 2.36. The predicted octanol–water partition coefficient (Wildman–Crippen LogP) is 3.49. The zero-order valence-electron chi connectivity index (χ0n) is 8.61. The van der Waals surface area contributed by atoms with E-state index in [1.807, 2.05) is 6.07 Å². The minimum Gasteiger partial charge on any atom is -0.338 e. The number of hydrogen-bond donors (Lipinski definition) is 1. The van der Waals surface area contributed by atoms with Crippen molar-refractivity contribution < 1.29 is 4.39 Å². The van der Waals surface area contributed by atoms with E-state index in [4.69, 9.17) is 16.9 Å². The van der Waals surface area contributed by atoms with Gasteiger partial charge in [-0.2, -0.15) is 5.26 Å². The molecule has 0 spiro atoms. The summed E-state index contributed by atoms with van der Waals surface area (Å²) in [7, 11) is 0. The third kappa shape index (κ3) is 2.52. The van der Waals surface area contributed by atoms with E-state index < -0.39 is 5.82 Å². The number of aromatic nitrogens is 1. The molecule has 0 aliphatic rings. The average molecular weight is 248 g/mol. The maximum Gasteiger partial charge on any atom is 0.165 e. The highest BCUT2D eigenvalue weighted by Gasteiger charge is 2.06. The van der Waals surface area contributed by atoms with Crippen LogP contribution in [0.25, 0.3) is 0 Å². The van der Waals surface area contributed by atoms with Crippen molar-refractivity contribution in [1.82, 2.24) is 4.98 Å². The van der Waals surface area contributed by atoms with Crippen LogP contribution in [0.3, 0.4) is 0 Å². The van der Waals surface area contributed by atoms with Crippen molar-refractivity contribution >= 4 is 23.1 Å². The van der Waals surface area contributed by atoms with Crippen LogP contribution >= 0.6 is 11.6 Å². The van der Waals surface area contributed by atoms with Crippen molar-refractivity contribution in [2.45, 2.75) is 0 Å². The first-order chi connectivity index (χ1) is 8.20. The fourth-order valence-electron chi connectivity index (χ4n) is 1.27. The molecular formula is C12H7ClFN3. The van der Waals surface area contributed by atoms with Crippen molar-refractivity contribution in [3.05, 3.63) is 52.9 Å². The Morgan fingerprint density at radius 3 is 2.76 bits per heavy atom. The number of nitrogens with one attached hydrogen (secondary N) is 1. The third-order valence-corrected chi connectivity index (χ3v) is 2.40. The molecule has 0 atom stereocenters. The Morgan fingerprint density at radius 1 is 1.29 bits per heavy atom. The number of nitrogens with zero attached hydrogens (tertiary/aromatic N) is 2. The number of nitriles is 1. The second kappa shape index (κ2) is 4.81. The van der Waals surface area contributed by atoms with Crippen molar-refractivity contribution in [1.29, 1.82) is 5.26 Å². The molecule has 0 bridgehead atoms. The van der Waals surface area contributed by atoms with Crippen molar-refractivity contribution in [2.24, 2.45) is 0 Å². The Kier molecular flexibility index (Phi) is 3.22. The molecule has 0 radical (unpaired) electrons. The number of benzene rings is 1. The first-order valence-electron chi connectivity index (χ1n) is 4.78. The molecule has 0 aliphatic carbocycles. The van der Waals surface area contributed by atoms with Gasteiger partial charge in [0, 0.05) is 6.20 Å². The summed E-state index contributed by atoms with van der Waals surface area (Å²) >= 11 is 5.65. The zero-order valence-corrected chi connectivity index (χ0v) is 9.37. The lowest BCUT2D eigenvalue weighted by Crippen LogP contribution is -1.96. The van der Waals surface area contributed by atoms with Gasteiger partial charge in [0.15, 0.2) is 5.82 Å². The molecule has 1 aromatic heterocycles. The normalized spacial score (nSPS) is 9.71. The van der Waals surface area contributed by atoms with Crippen LogP contribution in [-0.2, 0) is 0 Å². The van der Waals surface area contributed by atoms with Gasteiger partial charge in [-0.3, -0.25) is 0 Å². The van der Waals surface area contributed by atoms with Crippen LogP contribution in [0.4, 0.5) is 15.9 Å². The van der Waals surface area contributed by atoms with E-state index in [2.05, 4.69) is 10.3 Å². The van der Waals surface area contributed by atoms with E-state index >= 15 is 0 Å². The molecule has 5 heteroatoms. The second-order valence-electron chi connectivity index (χ2n) is 3.27. The molecule has 0 saturated carbocycles. The van der Waals surface area contributed by atoms with Crippen LogP contribution < -0.4 is 5.32 Å². The summed E-state index contributed by atoms with van der Waals surface area (Å²) in [6, 6.07) is 9.80. The molecule has 17 heavy (non-hydrogen) atoms. The molecule has 3 nitrogen and oxygen atoms in total. The number of anilines is 2. The third-order valence-electron chi connectivity index (χ3n) is 2.11. The summed E-state index contributed by atoms with van der Waals surface area (Å²) in [5.41, 5.74) is 0.692. The lowest BCUT2D eigenvalue weighted by Gasteiger charge is -2.07. The van der Waals surface area contributed by atoms with Crippen LogP contribution in [0.1, 0.15) is 5.56 Å². The predicted molar refractivity (Wildman–Crippen MR) is 63.6 cm³/mol. The highest BCUT2D eigenvalue weighted by molar-refractivity contribution is 6.31. The largest absolute Gasteiger partial charge is 0.338 e.